The molecule has 3 N–H and O–H groups in total. The number of benzene rings is 1. The molecule has 1 aromatic rings. The number of nitrogen functional groups attached to an aromatic ring is 1. The van der Waals surface area contributed by atoms with Crippen LogP contribution in [0.25, 0.3) is 0 Å². The van der Waals surface area contributed by atoms with Crippen molar-refractivity contribution in [3.63, 3.8) is 0 Å². The highest BCUT2D eigenvalue weighted by Crippen LogP contribution is 2.27. The lowest BCUT2D eigenvalue weighted by Crippen LogP contribution is -2.33. The molecule has 0 amide bonds. The van der Waals surface area contributed by atoms with Crippen molar-refractivity contribution in [1.29, 1.82) is 5.41 Å². The average Bonchev–Trinajstić information content (AvgIpc) is 2.36. The molecule has 0 aliphatic heterocycles. The Balaban J connectivity index is 3.23. The van der Waals surface area contributed by atoms with E-state index in [2.05, 4.69) is 32.6 Å². The number of amidine groups is 1. The Hall–Kier alpha value is -1.71. The summed E-state index contributed by atoms with van der Waals surface area (Å²) in [6.45, 7) is 10.7. The summed E-state index contributed by atoms with van der Waals surface area (Å²) in [5.74, 6) is 1.97. The molecule has 0 heterocycles. The van der Waals surface area contributed by atoms with E-state index in [0.717, 1.165) is 30.1 Å². The van der Waals surface area contributed by atoms with Gasteiger partial charge in [-0.25, -0.2) is 0 Å². The smallest absolute Gasteiger partial charge is 0.124 e. The van der Waals surface area contributed by atoms with Gasteiger partial charge in [0, 0.05) is 24.7 Å². The van der Waals surface area contributed by atoms with Gasteiger partial charge < -0.3 is 15.4 Å². The van der Waals surface area contributed by atoms with Crippen molar-refractivity contribution in [2.24, 2.45) is 17.6 Å². The first kappa shape index (κ1) is 16.3. The van der Waals surface area contributed by atoms with Crippen LogP contribution in [0.3, 0.4) is 0 Å². The van der Waals surface area contributed by atoms with Crippen molar-refractivity contribution in [1.82, 2.24) is 0 Å². The van der Waals surface area contributed by atoms with Crippen LogP contribution in [0.5, 0.6) is 5.75 Å². The van der Waals surface area contributed by atoms with Crippen LogP contribution >= 0.6 is 0 Å². The van der Waals surface area contributed by atoms with Crippen LogP contribution < -0.4 is 15.4 Å². The first-order valence-corrected chi connectivity index (χ1v) is 7.12. The molecule has 0 fully saturated rings. The SMILES string of the molecule is COc1ccc(C(=N)N)c(N(CC(C)C)CC(C)C)c1. The molecule has 0 aliphatic rings. The first-order chi connectivity index (χ1) is 9.35. The van der Waals surface area contributed by atoms with E-state index in [4.69, 9.17) is 15.9 Å². The van der Waals surface area contributed by atoms with Gasteiger partial charge in [-0.2, -0.15) is 0 Å². The van der Waals surface area contributed by atoms with Crippen LogP contribution in [0, 0.1) is 17.2 Å². The Labute approximate surface area is 122 Å². The van der Waals surface area contributed by atoms with E-state index < -0.39 is 0 Å². The molecule has 0 saturated heterocycles. The number of anilines is 1. The topological polar surface area (TPSA) is 62.3 Å². The Morgan fingerprint density at radius 1 is 1.20 bits per heavy atom. The summed E-state index contributed by atoms with van der Waals surface area (Å²) < 4.78 is 5.31. The van der Waals surface area contributed by atoms with Crippen LogP contribution in [0.1, 0.15) is 33.3 Å². The monoisotopic (exact) mass is 277 g/mol. The van der Waals surface area contributed by atoms with Gasteiger partial charge in [-0.3, -0.25) is 5.41 Å². The fourth-order valence-electron chi connectivity index (χ4n) is 2.28. The van der Waals surface area contributed by atoms with E-state index in [9.17, 15) is 0 Å². The van der Waals surface area contributed by atoms with E-state index in [1.54, 1.807) is 7.11 Å². The first-order valence-electron chi connectivity index (χ1n) is 7.12. The Morgan fingerprint density at radius 2 is 1.75 bits per heavy atom. The molecule has 0 spiro atoms. The van der Waals surface area contributed by atoms with Gasteiger partial charge in [0.2, 0.25) is 0 Å². The molecule has 112 valence electrons. The number of ether oxygens (including phenoxy) is 1. The number of nitrogens with one attached hydrogen (secondary N) is 1. The molecule has 0 atom stereocenters. The summed E-state index contributed by atoms with van der Waals surface area (Å²) in [5, 5.41) is 7.77. The predicted molar refractivity (Wildman–Crippen MR) is 85.9 cm³/mol. The van der Waals surface area contributed by atoms with Crippen molar-refractivity contribution in [2.75, 3.05) is 25.1 Å². The molecule has 1 aromatic carbocycles. The zero-order valence-corrected chi connectivity index (χ0v) is 13.2. The second kappa shape index (κ2) is 7.17. The Kier molecular flexibility index (Phi) is 5.86. The lowest BCUT2D eigenvalue weighted by Gasteiger charge is -2.30. The lowest BCUT2D eigenvalue weighted by atomic mass is 10.1. The van der Waals surface area contributed by atoms with E-state index in [1.807, 2.05) is 18.2 Å². The maximum absolute atomic E-state index is 7.77. The highest BCUT2D eigenvalue weighted by Gasteiger charge is 2.16. The average molecular weight is 277 g/mol. The molecule has 0 unspecified atom stereocenters. The van der Waals surface area contributed by atoms with E-state index in [0.29, 0.717) is 11.8 Å². The van der Waals surface area contributed by atoms with Crippen LogP contribution in [-0.4, -0.2) is 26.0 Å². The highest BCUT2D eigenvalue weighted by atomic mass is 16.5. The Morgan fingerprint density at radius 3 is 2.15 bits per heavy atom. The number of hydrogen-bond donors (Lipinski definition) is 2. The quantitative estimate of drug-likeness (QED) is 0.594. The fourth-order valence-corrected chi connectivity index (χ4v) is 2.28. The van der Waals surface area contributed by atoms with Crippen molar-refractivity contribution >= 4 is 11.5 Å². The standard InChI is InChI=1S/C16H27N3O/c1-11(2)9-19(10-12(3)4)15-8-13(20-5)6-7-14(15)16(17)18/h6-8,11-12H,9-10H2,1-5H3,(H3,17,18). The predicted octanol–water partition coefficient (Wildman–Crippen LogP) is 3.10. The van der Waals surface area contributed by atoms with Gasteiger partial charge in [-0.05, 0) is 24.0 Å². The van der Waals surface area contributed by atoms with Crippen LogP contribution in [0.4, 0.5) is 5.69 Å². The molecular weight excluding hydrogens is 250 g/mol. The molecule has 0 bridgehead atoms. The number of nitrogens with zero attached hydrogens (tertiary/aromatic N) is 1. The summed E-state index contributed by atoms with van der Waals surface area (Å²) >= 11 is 0. The van der Waals surface area contributed by atoms with E-state index in [-0.39, 0.29) is 5.84 Å². The van der Waals surface area contributed by atoms with Crippen LogP contribution in [0.15, 0.2) is 18.2 Å². The summed E-state index contributed by atoms with van der Waals surface area (Å²) in [7, 11) is 1.65. The molecule has 0 aliphatic carbocycles. The summed E-state index contributed by atoms with van der Waals surface area (Å²) in [4.78, 5) is 2.30. The van der Waals surface area contributed by atoms with Gasteiger partial charge in [0.1, 0.15) is 11.6 Å². The summed E-state index contributed by atoms with van der Waals surface area (Å²) in [6, 6.07) is 5.69. The van der Waals surface area contributed by atoms with Gasteiger partial charge in [0.25, 0.3) is 0 Å². The molecule has 20 heavy (non-hydrogen) atoms. The van der Waals surface area contributed by atoms with Gasteiger partial charge in [0.15, 0.2) is 0 Å². The number of hydrogen-bond acceptors (Lipinski definition) is 3. The highest BCUT2D eigenvalue weighted by molar-refractivity contribution is 6.00. The van der Waals surface area contributed by atoms with Crippen molar-refractivity contribution in [3.8, 4) is 5.75 Å². The van der Waals surface area contributed by atoms with Crippen molar-refractivity contribution in [2.45, 2.75) is 27.7 Å². The molecule has 0 saturated carbocycles. The molecule has 4 nitrogen and oxygen atoms in total. The molecule has 0 radical (unpaired) electrons. The molecule has 1 rings (SSSR count). The second-order valence-corrected chi connectivity index (χ2v) is 5.99. The zero-order chi connectivity index (χ0) is 15.3. The second-order valence-electron chi connectivity index (χ2n) is 5.99. The van der Waals surface area contributed by atoms with E-state index in [1.165, 1.54) is 0 Å². The van der Waals surface area contributed by atoms with Gasteiger partial charge >= 0.3 is 0 Å². The molecule has 4 heteroatoms. The maximum Gasteiger partial charge on any atom is 0.124 e. The van der Waals surface area contributed by atoms with Crippen molar-refractivity contribution < 1.29 is 4.74 Å². The maximum atomic E-state index is 7.77. The third-order valence-corrected chi connectivity index (χ3v) is 3.01. The number of rotatable bonds is 7. The Bertz CT molecular complexity index is 445. The minimum atomic E-state index is 0.0974. The third-order valence-electron chi connectivity index (χ3n) is 3.01. The van der Waals surface area contributed by atoms with E-state index >= 15 is 0 Å². The van der Waals surface area contributed by atoms with Gasteiger partial charge in [-0.1, -0.05) is 27.7 Å². The fraction of sp³-hybridized carbons (Fsp3) is 0.562. The summed E-state index contributed by atoms with van der Waals surface area (Å²) in [5.41, 5.74) is 7.48. The van der Waals surface area contributed by atoms with Crippen LogP contribution in [0.2, 0.25) is 0 Å². The zero-order valence-electron chi connectivity index (χ0n) is 13.2. The minimum absolute atomic E-state index is 0.0974. The normalized spacial score (nSPS) is 10.9. The number of methoxy groups -OCH3 is 1. The summed E-state index contributed by atoms with van der Waals surface area (Å²) in [6.07, 6.45) is 0. The van der Waals surface area contributed by atoms with Gasteiger partial charge in [0.05, 0.1) is 12.8 Å². The number of nitrogens with two attached hydrogens (primary N) is 1. The van der Waals surface area contributed by atoms with Crippen molar-refractivity contribution in [3.05, 3.63) is 23.8 Å². The van der Waals surface area contributed by atoms with Gasteiger partial charge in [-0.15, -0.1) is 0 Å². The largest absolute Gasteiger partial charge is 0.497 e. The molecular formula is C16H27N3O. The molecule has 0 aromatic heterocycles. The lowest BCUT2D eigenvalue weighted by molar-refractivity contribution is 0.414. The minimum Gasteiger partial charge on any atom is -0.497 e. The third kappa shape index (κ3) is 4.44. The van der Waals surface area contributed by atoms with Crippen LogP contribution in [-0.2, 0) is 0 Å².